The summed E-state index contributed by atoms with van der Waals surface area (Å²) in [4.78, 5) is 2.09. The fourth-order valence-electron chi connectivity index (χ4n) is 1.39. The van der Waals surface area contributed by atoms with Crippen molar-refractivity contribution in [2.45, 2.75) is 6.92 Å². The van der Waals surface area contributed by atoms with Crippen molar-refractivity contribution < 1.29 is 14.2 Å². The predicted molar refractivity (Wildman–Crippen MR) is 61.1 cm³/mol. The van der Waals surface area contributed by atoms with E-state index < -0.39 is 0 Å². The van der Waals surface area contributed by atoms with Gasteiger partial charge in [0.2, 0.25) is 0 Å². The monoisotopic (exact) mass is 227 g/mol. The highest BCUT2D eigenvalue weighted by molar-refractivity contribution is 5.21. The van der Waals surface area contributed by atoms with Gasteiger partial charge in [-0.1, -0.05) is 6.92 Å². The minimum atomic E-state index is -0.261. The first-order chi connectivity index (χ1) is 7.76. The molecule has 4 heteroatoms. The Hall–Kier alpha value is -1.13. The van der Waals surface area contributed by atoms with Gasteiger partial charge in [0.15, 0.2) is 0 Å². The Morgan fingerprint density at radius 1 is 1.25 bits per heavy atom. The Bertz CT molecular complexity index is 290. The van der Waals surface area contributed by atoms with Crippen molar-refractivity contribution in [3.63, 3.8) is 0 Å². The summed E-state index contributed by atoms with van der Waals surface area (Å²) in [6, 6.07) is 5.97. The first-order valence-electron chi connectivity index (χ1n) is 5.48. The number of nitrogens with zero attached hydrogens (tertiary/aromatic N) is 1. The second kappa shape index (κ2) is 7.19. The summed E-state index contributed by atoms with van der Waals surface area (Å²) in [7, 11) is 0. The van der Waals surface area contributed by atoms with E-state index in [4.69, 9.17) is 9.84 Å². The van der Waals surface area contributed by atoms with Crippen LogP contribution in [-0.2, 0) is 0 Å². The van der Waals surface area contributed by atoms with Gasteiger partial charge in [-0.05, 0) is 30.8 Å². The van der Waals surface area contributed by atoms with Crippen LogP contribution in [0, 0.1) is 5.82 Å². The topological polar surface area (TPSA) is 32.7 Å². The maximum atomic E-state index is 12.6. The Morgan fingerprint density at radius 3 is 2.50 bits per heavy atom. The van der Waals surface area contributed by atoms with Gasteiger partial charge in [-0.15, -0.1) is 0 Å². The van der Waals surface area contributed by atoms with Crippen molar-refractivity contribution in [1.29, 1.82) is 0 Å². The zero-order chi connectivity index (χ0) is 11.8. The number of rotatable bonds is 7. The van der Waals surface area contributed by atoms with E-state index in [2.05, 4.69) is 4.90 Å². The first-order valence-corrected chi connectivity index (χ1v) is 5.48. The number of aliphatic hydroxyl groups excluding tert-OH is 1. The van der Waals surface area contributed by atoms with Gasteiger partial charge >= 0.3 is 0 Å². The van der Waals surface area contributed by atoms with Crippen LogP contribution in [0.2, 0.25) is 0 Å². The summed E-state index contributed by atoms with van der Waals surface area (Å²) >= 11 is 0. The molecule has 0 aromatic heterocycles. The van der Waals surface area contributed by atoms with Gasteiger partial charge in [-0.3, -0.25) is 4.90 Å². The lowest BCUT2D eigenvalue weighted by Crippen LogP contribution is -2.30. The molecule has 0 saturated heterocycles. The summed E-state index contributed by atoms with van der Waals surface area (Å²) in [5.41, 5.74) is 0. The molecule has 1 N–H and O–H groups in total. The van der Waals surface area contributed by atoms with E-state index in [-0.39, 0.29) is 12.4 Å². The van der Waals surface area contributed by atoms with Gasteiger partial charge < -0.3 is 9.84 Å². The first kappa shape index (κ1) is 12.9. The second-order valence-electron chi connectivity index (χ2n) is 3.46. The van der Waals surface area contributed by atoms with Gasteiger partial charge in [0.05, 0.1) is 6.61 Å². The van der Waals surface area contributed by atoms with E-state index in [1.54, 1.807) is 12.1 Å². The van der Waals surface area contributed by atoms with Crippen LogP contribution in [0.1, 0.15) is 6.92 Å². The molecule has 16 heavy (non-hydrogen) atoms. The molecule has 0 atom stereocenters. The van der Waals surface area contributed by atoms with Gasteiger partial charge in [0.25, 0.3) is 0 Å². The molecule has 0 radical (unpaired) electrons. The van der Waals surface area contributed by atoms with Crippen LogP contribution in [0.15, 0.2) is 24.3 Å². The Morgan fingerprint density at radius 2 is 1.94 bits per heavy atom. The van der Waals surface area contributed by atoms with Gasteiger partial charge in [-0.2, -0.15) is 0 Å². The van der Waals surface area contributed by atoms with E-state index in [0.29, 0.717) is 18.9 Å². The van der Waals surface area contributed by atoms with Crippen LogP contribution < -0.4 is 4.74 Å². The highest BCUT2D eigenvalue weighted by atomic mass is 19.1. The highest BCUT2D eigenvalue weighted by Gasteiger charge is 2.01. The molecule has 1 aromatic carbocycles. The summed E-state index contributed by atoms with van der Waals surface area (Å²) < 4.78 is 18.1. The van der Waals surface area contributed by atoms with Crippen LogP contribution in [-0.4, -0.2) is 42.9 Å². The van der Waals surface area contributed by atoms with Crippen LogP contribution in [0.5, 0.6) is 5.75 Å². The molecule has 0 aliphatic heterocycles. The maximum absolute atomic E-state index is 12.6. The molecule has 90 valence electrons. The fraction of sp³-hybridized carbons (Fsp3) is 0.500. The number of hydrogen-bond acceptors (Lipinski definition) is 3. The normalized spacial score (nSPS) is 10.8. The molecule has 1 rings (SSSR count). The van der Waals surface area contributed by atoms with E-state index in [9.17, 15) is 4.39 Å². The van der Waals surface area contributed by atoms with Gasteiger partial charge in [0.1, 0.15) is 18.2 Å². The Labute approximate surface area is 95.5 Å². The van der Waals surface area contributed by atoms with E-state index >= 15 is 0 Å². The summed E-state index contributed by atoms with van der Waals surface area (Å²) in [5, 5.41) is 8.79. The molecule has 0 unspecified atom stereocenters. The summed E-state index contributed by atoms with van der Waals surface area (Å²) in [5.74, 6) is 0.407. The molecule has 1 aromatic rings. The minimum absolute atomic E-state index is 0.157. The number of aliphatic hydroxyl groups is 1. The van der Waals surface area contributed by atoms with Crippen LogP contribution in [0.25, 0.3) is 0 Å². The van der Waals surface area contributed by atoms with Crippen LogP contribution >= 0.6 is 0 Å². The molecule has 0 bridgehead atoms. The Balaban J connectivity index is 2.26. The lowest BCUT2D eigenvalue weighted by molar-refractivity contribution is 0.174. The number of likely N-dealkylation sites (N-methyl/N-ethyl adjacent to an activating group) is 1. The average molecular weight is 227 g/mol. The van der Waals surface area contributed by atoms with Gasteiger partial charge in [0, 0.05) is 13.1 Å². The lowest BCUT2D eigenvalue weighted by Gasteiger charge is -2.18. The Kier molecular flexibility index (Phi) is 5.82. The lowest BCUT2D eigenvalue weighted by atomic mass is 10.3. The van der Waals surface area contributed by atoms with E-state index in [0.717, 1.165) is 13.1 Å². The molecular formula is C12H18FNO2. The molecule has 3 nitrogen and oxygen atoms in total. The zero-order valence-corrected chi connectivity index (χ0v) is 9.53. The quantitative estimate of drug-likeness (QED) is 0.766. The number of hydrogen-bond donors (Lipinski definition) is 1. The highest BCUT2D eigenvalue weighted by Crippen LogP contribution is 2.10. The molecule has 0 fully saturated rings. The molecule has 0 aliphatic rings. The summed E-state index contributed by atoms with van der Waals surface area (Å²) in [6.07, 6.45) is 0. The number of benzene rings is 1. The summed E-state index contributed by atoms with van der Waals surface area (Å²) in [6.45, 7) is 5.03. The predicted octanol–water partition coefficient (Wildman–Crippen LogP) is 1.52. The third-order valence-corrected chi connectivity index (χ3v) is 2.35. The van der Waals surface area contributed by atoms with Crippen molar-refractivity contribution in [2.24, 2.45) is 0 Å². The van der Waals surface area contributed by atoms with E-state index in [1.807, 2.05) is 6.92 Å². The standard InChI is InChI=1S/C12H18FNO2/c1-2-14(7-9-15)8-10-16-12-5-3-11(13)4-6-12/h3-6,15H,2,7-10H2,1H3. The smallest absolute Gasteiger partial charge is 0.123 e. The van der Waals surface area contributed by atoms with Crippen molar-refractivity contribution in [1.82, 2.24) is 4.90 Å². The molecule has 0 spiro atoms. The maximum Gasteiger partial charge on any atom is 0.123 e. The van der Waals surface area contributed by atoms with Crippen molar-refractivity contribution in [3.05, 3.63) is 30.1 Å². The largest absolute Gasteiger partial charge is 0.492 e. The number of halogens is 1. The van der Waals surface area contributed by atoms with Crippen LogP contribution in [0.3, 0.4) is 0 Å². The van der Waals surface area contributed by atoms with Crippen molar-refractivity contribution in [2.75, 3.05) is 32.8 Å². The van der Waals surface area contributed by atoms with Crippen LogP contribution in [0.4, 0.5) is 4.39 Å². The zero-order valence-electron chi connectivity index (χ0n) is 9.53. The SMILES string of the molecule is CCN(CCO)CCOc1ccc(F)cc1. The molecule has 0 aliphatic carbocycles. The molecule has 0 amide bonds. The van der Waals surface area contributed by atoms with Crippen molar-refractivity contribution in [3.8, 4) is 5.75 Å². The molecule has 0 heterocycles. The number of ether oxygens (including phenoxy) is 1. The molecular weight excluding hydrogens is 209 g/mol. The second-order valence-corrected chi connectivity index (χ2v) is 3.46. The average Bonchev–Trinajstić information content (AvgIpc) is 2.30. The molecule has 0 saturated carbocycles. The third kappa shape index (κ3) is 4.59. The minimum Gasteiger partial charge on any atom is -0.492 e. The van der Waals surface area contributed by atoms with E-state index in [1.165, 1.54) is 12.1 Å². The third-order valence-electron chi connectivity index (χ3n) is 2.35. The fourth-order valence-corrected chi connectivity index (χ4v) is 1.39. The van der Waals surface area contributed by atoms with Crippen molar-refractivity contribution >= 4 is 0 Å². The van der Waals surface area contributed by atoms with Gasteiger partial charge in [-0.25, -0.2) is 4.39 Å².